The molecule has 19 heavy (non-hydrogen) atoms. The number of Topliss-reactive ketones (excluding diaryl/α,β-unsaturated/α-hetero) is 1. The number of hydrogen-bond acceptors (Lipinski definition) is 5. The second-order valence-electron chi connectivity index (χ2n) is 4.88. The van der Waals surface area contributed by atoms with Gasteiger partial charge in [0.1, 0.15) is 5.78 Å². The van der Waals surface area contributed by atoms with E-state index >= 15 is 0 Å². The van der Waals surface area contributed by atoms with Gasteiger partial charge in [-0.3, -0.25) is 9.69 Å². The number of carbonyl (C=O) groups is 1. The van der Waals surface area contributed by atoms with E-state index in [2.05, 4.69) is 4.90 Å². The van der Waals surface area contributed by atoms with Gasteiger partial charge < -0.3 is 14.2 Å². The molecule has 1 aliphatic rings. The normalized spacial score (nSPS) is 20.6. The minimum absolute atomic E-state index is 0.107. The quantitative estimate of drug-likeness (QED) is 0.558. The Morgan fingerprint density at radius 1 is 1.11 bits per heavy atom. The molecule has 0 amide bonds. The number of rotatable bonds is 10. The van der Waals surface area contributed by atoms with Crippen LogP contribution in [0.5, 0.6) is 0 Å². The van der Waals surface area contributed by atoms with Crippen LogP contribution in [-0.4, -0.2) is 70.0 Å². The molecule has 1 unspecified atom stereocenters. The van der Waals surface area contributed by atoms with Gasteiger partial charge in [-0.1, -0.05) is 6.42 Å². The standard InChI is InChI=1S/C14H27NO4/c1-13(16)14-5-3-4-6-15(14)7-8-18-11-12-19-10-9-17-2/h14H,3-12H2,1-2H3. The third-order valence-corrected chi connectivity index (χ3v) is 3.41. The minimum atomic E-state index is 0.107. The van der Waals surface area contributed by atoms with Crippen molar-refractivity contribution in [2.24, 2.45) is 0 Å². The van der Waals surface area contributed by atoms with Crippen LogP contribution in [0.3, 0.4) is 0 Å². The molecule has 0 radical (unpaired) electrons. The molecular weight excluding hydrogens is 246 g/mol. The molecule has 112 valence electrons. The van der Waals surface area contributed by atoms with Crippen LogP contribution in [0, 0.1) is 0 Å². The van der Waals surface area contributed by atoms with Gasteiger partial charge in [0, 0.05) is 13.7 Å². The fourth-order valence-electron chi connectivity index (χ4n) is 2.37. The smallest absolute Gasteiger partial charge is 0.146 e. The Hall–Kier alpha value is -0.490. The summed E-state index contributed by atoms with van der Waals surface area (Å²) in [5, 5.41) is 0. The first kappa shape index (κ1) is 16.6. The van der Waals surface area contributed by atoms with Crippen LogP contribution in [0.2, 0.25) is 0 Å². The van der Waals surface area contributed by atoms with E-state index in [9.17, 15) is 4.79 Å². The Morgan fingerprint density at radius 2 is 1.79 bits per heavy atom. The van der Waals surface area contributed by atoms with E-state index in [0.29, 0.717) is 33.0 Å². The second kappa shape index (κ2) is 10.3. The lowest BCUT2D eigenvalue weighted by Crippen LogP contribution is -2.45. The van der Waals surface area contributed by atoms with Crippen molar-refractivity contribution < 1.29 is 19.0 Å². The largest absolute Gasteiger partial charge is 0.382 e. The van der Waals surface area contributed by atoms with Crippen molar-refractivity contribution in [1.82, 2.24) is 4.90 Å². The van der Waals surface area contributed by atoms with E-state index in [4.69, 9.17) is 14.2 Å². The zero-order valence-electron chi connectivity index (χ0n) is 12.2. The number of carbonyl (C=O) groups excluding carboxylic acids is 1. The second-order valence-corrected chi connectivity index (χ2v) is 4.88. The molecule has 0 saturated carbocycles. The summed E-state index contributed by atoms with van der Waals surface area (Å²) in [6, 6.07) is 0.107. The Balaban J connectivity index is 2.02. The molecule has 5 nitrogen and oxygen atoms in total. The van der Waals surface area contributed by atoms with Crippen LogP contribution in [0.1, 0.15) is 26.2 Å². The molecule has 0 aliphatic carbocycles. The minimum Gasteiger partial charge on any atom is -0.382 e. The van der Waals surface area contributed by atoms with E-state index in [1.165, 1.54) is 6.42 Å². The first-order valence-corrected chi connectivity index (χ1v) is 7.14. The number of ketones is 1. The molecule has 1 fully saturated rings. The molecule has 1 heterocycles. The highest BCUT2D eigenvalue weighted by Crippen LogP contribution is 2.17. The monoisotopic (exact) mass is 273 g/mol. The summed E-state index contributed by atoms with van der Waals surface area (Å²) in [5.41, 5.74) is 0. The average molecular weight is 273 g/mol. The summed E-state index contributed by atoms with van der Waals surface area (Å²) in [6.45, 7) is 6.62. The SMILES string of the molecule is COCCOCCOCCN1CCCCC1C(C)=O. The van der Waals surface area contributed by atoms with Crippen LogP contribution >= 0.6 is 0 Å². The third-order valence-electron chi connectivity index (χ3n) is 3.41. The molecular formula is C14H27NO4. The van der Waals surface area contributed by atoms with Gasteiger partial charge in [0.05, 0.1) is 39.1 Å². The van der Waals surface area contributed by atoms with Crippen LogP contribution < -0.4 is 0 Å². The average Bonchev–Trinajstić information content (AvgIpc) is 2.42. The molecule has 0 bridgehead atoms. The van der Waals surface area contributed by atoms with E-state index in [1.807, 2.05) is 0 Å². The van der Waals surface area contributed by atoms with Crippen molar-refractivity contribution >= 4 is 5.78 Å². The molecule has 1 saturated heterocycles. The molecule has 1 rings (SSSR count). The maximum atomic E-state index is 11.5. The summed E-state index contributed by atoms with van der Waals surface area (Å²) in [7, 11) is 1.66. The molecule has 0 spiro atoms. The Bertz CT molecular complexity index is 248. The van der Waals surface area contributed by atoms with Crippen molar-refractivity contribution in [3.63, 3.8) is 0 Å². The van der Waals surface area contributed by atoms with Gasteiger partial charge in [-0.05, 0) is 26.3 Å². The number of nitrogens with zero attached hydrogens (tertiary/aromatic N) is 1. The molecule has 0 aromatic rings. The van der Waals surface area contributed by atoms with E-state index < -0.39 is 0 Å². The zero-order chi connectivity index (χ0) is 13.9. The first-order valence-electron chi connectivity index (χ1n) is 7.14. The van der Waals surface area contributed by atoms with Gasteiger partial charge in [0.25, 0.3) is 0 Å². The fraction of sp³-hybridized carbons (Fsp3) is 0.929. The maximum Gasteiger partial charge on any atom is 0.146 e. The van der Waals surface area contributed by atoms with E-state index in [1.54, 1.807) is 14.0 Å². The van der Waals surface area contributed by atoms with E-state index in [0.717, 1.165) is 25.9 Å². The van der Waals surface area contributed by atoms with Crippen LogP contribution in [0.15, 0.2) is 0 Å². The van der Waals surface area contributed by atoms with Crippen molar-refractivity contribution in [1.29, 1.82) is 0 Å². The highest BCUT2D eigenvalue weighted by Gasteiger charge is 2.25. The number of ether oxygens (including phenoxy) is 3. The van der Waals surface area contributed by atoms with Gasteiger partial charge in [-0.15, -0.1) is 0 Å². The van der Waals surface area contributed by atoms with Crippen molar-refractivity contribution in [2.45, 2.75) is 32.2 Å². The van der Waals surface area contributed by atoms with Gasteiger partial charge in [-0.2, -0.15) is 0 Å². The Labute approximate surface area is 116 Å². The van der Waals surface area contributed by atoms with Gasteiger partial charge >= 0.3 is 0 Å². The summed E-state index contributed by atoms with van der Waals surface area (Å²) in [5.74, 6) is 0.280. The summed E-state index contributed by atoms with van der Waals surface area (Å²) in [6.07, 6.45) is 3.34. The molecule has 5 heteroatoms. The predicted octanol–water partition coefficient (Wildman–Crippen LogP) is 1.11. The van der Waals surface area contributed by atoms with Crippen LogP contribution in [0.4, 0.5) is 0 Å². The Morgan fingerprint density at radius 3 is 2.47 bits per heavy atom. The third kappa shape index (κ3) is 7.01. The molecule has 1 atom stereocenters. The highest BCUT2D eigenvalue weighted by atomic mass is 16.5. The molecule has 1 aliphatic heterocycles. The zero-order valence-corrected chi connectivity index (χ0v) is 12.2. The van der Waals surface area contributed by atoms with E-state index in [-0.39, 0.29) is 11.8 Å². The topological polar surface area (TPSA) is 48.0 Å². The lowest BCUT2D eigenvalue weighted by atomic mass is 9.99. The number of methoxy groups -OCH3 is 1. The fourth-order valence-corrected chi connectivity index (χ4v) is 2.37. The van der Waals surface area contributed by atoms with Crippen molar-refractivity contribution in [3.05, 3.63) is 0 Å². The molecule has 0 aromatic carbocycles. The van der Waals surface area contributed by atoms with Gasteiger partial charge in [0.2, 0.25) is 0 Å². The summed E-state index contributed by atoms with van der Waals surface area (Å²) < 4.78 is 15.7. The van der Waals surface area contributed by atoms with Gasteiger partial charge in [-0.25, -0.2) is 0 Å². The number of hydrogen-bond donors (Lipinski definition) is 0. The lowest BCUT2D eigenvalue weighted by molar-refractivity contribution is -0.123. The summed E-state index contributed by atoms with van der Waals surface area (Å²) >= 11 is 0. The first-order chi connectivity index (χ1) is 9.25. The Kier molecular flexibility index (Phi) is 8.99. The van der Waals surface area contributed by atoms with Gasteiger partial charge in [0.15, 0.2) is 0 Å². The number of piperidine rings is 1. The van der Waals surface area contributed by atoms with Crippen molar-refractivity contribution in [3.8, 4) is 0 Å². The lowest BCUT2D eigenvalue weighted by Gasteiger charge is -2.33. The molecule has 0 N–H and O–H groups in total. The van der Waals surface area contributed by atoms with Crippen molar-refractivity contribution in [2.75, 3.05) is 53.2 Å². The molecule has 0 aromatic heterocycles. The van der Waals surface area contributed by atoms with Crippen LogP contribution in [-0.2, 0) is 19.0 Å². The summed E-state index contributed by atoms with van der Waals surface area (Å²) in [4.78, 5) is 13.8. The number of likely N-dealkylation sites (tertiary alicyclic amines) is 1. The highest BCUT2D eigenvalue weighted by molar-refractivity contribution is 5.81. The van der Waals surface area contributed by atoms with Crippen LogP contribution in [0.25, 0.3) is 0 Å². The maximum absolute atomic E-state index is 11.5. The predicted molar refractivity (Wildman–Crippen MR) is 73.4 cm³/mol.